The molecule has 1 unspecified atom stereocenters. The van der Waals surface area contributed by atoms with Gasteiger partial charge in [0, 0.05) is 44.1 Å². The van der Waals surface area contributed by atoms with E-state index >= 15 is 0 Å². The van der Waals surface area contributed by atoms with Crippen molar-refractivity contribution in [1.29, 1.82) is 0 Å². The third-order valence-electron chi connectivity index (χ3n) is 5.42. The Bertz CT molecular complexity index is 476. The van der Waals surface area contributed by atoms with Crippen LogP contribution in [0.3, 0.4) is 0 Å². The molecule has 20 heavy (non-hydrogen) atoms. The van der Waals surface area contributed by atoms with Crippen LogP contribution < -0.4 is 0 Å². The van der Waals surface area contributed by atoms with Crippen LogP contribution in [0.4, 0.5) is 4.79 Å². The number of ether oxygens (including phenoxy) is 1. The minimum atomic E-state index is -0.284. The van der Waals surface area contributed by atoms with Crippen LogP contribution in [0.5, 0.6) is 0 Å². The van der Waals surface area contributed by atoms with Crippen molar-refractivity contribution in [2.75, 3.05) is 27.2 Å². The third-order valence-corrected chi connectivity index (χ3v) is 5.42. The molecule has 2 heterocycles. The van der Waals surface area contributed by atoms with Crippen molar-refractivity contribution in [1.82, 2.24) is 9.80 Å². The van der Waals surface area contributed by atoms with Gasteiger partial charge in [-0.25, -0.2) is 4.79 Å². The zero-order chi connectivity index (χ0) is 14.5. The Kier molecular flexibility index (Phi) is 3.12. The lowest BCUT2D eigenvalue weighted by atomic mass is 9.68. The van der Waals surface area contributed by atoms with Crippen molar-refractivity contribution in [2.45, 2.75) is 37.3 Å². The molecule has 1 saturated carbocycles. The summed E-state index contributed by atoms with van der Waals surface area (Å²) in [5.74, 6) is 0.396. The summed E-state index contributed by atoms with van der Waals surface area (Å²) in [6.45, 7) is 5.74. The van der Waals surface area contributed by atoms with Gasteiger partial charge in [0.1, 0.15) is 5.78 Å². The first-order chi connectivity index (χ1) is 9.47. The van der Waals surface area contributed by atoms with Crippen molar-refractivity contribution in [3.63, 3.8) is 0 Å². The summed E-state index contributed by atoms with van der Waals surface area (Å²) in [4.78, 5) is 27.8. The number of methoxy groups -OCH3 is 1. The molecule has 0 aromatic rings. The topological polar surface area (TPSA) is 49.9 Å². The summed E-state index contributed by atoms with van der Waals surface area (Å²) in [5, 5.41) is 0. The number of Topliss-reactive ketones (excluding diaryl/α,β-unsaturated/α-hetero) is 1. The van der Waals surface area contributed by atoms with Crippen LogP contribution in [0, 0.1) is 5.92 Å². The summed E-state index contributed by atoms with van der Waals surface area (Å²) in [6.07, 6.45) is 3.11. The Morgan fingerprint density at radius 2 is 2.25 bits per heavy atom. The van der Waals surface area contributed by atoms with Gasteiger partial charge in [0.25, 0.3) is 0 Å². The smallest absolute Gasteiger partial charge is 0.409 e. The highest BCUT2D eigenvalue weighted by Crippen LogP contribution is 2.49. The number of hydrogen-bond acceptors (Lipinski definition) is 4. The number of rotatable bonds is 1. The van der Waals surface area contributed by atoms with E-state index < -0.39 is 0 Å². The second kappa shape index (κ2) is 4.58. The van der Waals surface area contributed by atoms with Crippen LogP contribution in [0.25, 0.3) is 0 Å². The molecule has 5 nitrogen and oxygen atoms in total. The molecule has 5 heteroatoms. The SMILES string of the molecule is C=C1CN2CC(N(C)C(=O)OC)C[C@@]23CCC(=O)[C@@H]1C3. The van der Waals surface area contributed by atoms with Gasteiger partial charge in [-0.15, -0.1) is 0 Å². The van der Waals surface area contributed by atoms with E-state index in [-0.39, 0.29) is 23.6 Å². The second-order valence-corrected chi connectivity index (χ2v) is 6.43. The van der Waals surface area contributed by atoms with Gasteiger partial charge >= 0.3 is 6.09 Å². The van der Waals surface area contributed by atoms with E-state index in [1.54, 1.807) is 11.9 Å². The van der Waals surface area contributed by atoms with Crippen LogP contribution in [0.15, 0.2) is 12.2 Å². The summed E-state index contributed by atoms with van der Waals surface area (Å²) in [6, 6.07) is 0.169. The molecular weight excluding hydrogens is 256 g/mol. The van der Waals surface area contributed by atoms with Crippen molar-refractivity contribution < 1.29 is 14.3 Å². The maximum absolute atomic E-state index is 12.0. The molecule has 0 aromatic carbocycles. The molecule has 3 rings (SSSR count). The molecule has 0 aromatic heterocycles. The normalized spacial score (nSPS) is 36.7. The number of amides is 1. The lowest BCUT2D eigenvalue weighted by molar-refractivity contribution is -0.128. The summed E-state index contributed by atoms with van der Waals surface area (Å²) < 4.78 is 4.81. The molecule has 2 saturated heterocycles. The van der Waals surface area contributed by atoms with E-state index in [1.165, 1.54) is 7.11 Å². The average molecular weight is 278 g/mol. The summed E-state index contributed by atoms with van der Waals surface area (Å²) >= 11 is 0. The quantitative estimate of drug-likeness (QED) is 0.681. The fourth-order valence-electron chi connectivity index (χ4n) is 4.19. The predicted octanol–water partition coefficient (Wildman–Crippen LogP) is 1.44. The second-order valence-electron chi connectivity index (χ2n) is 6.43. The first kappa shape index (κ1) is 13.6. The molecule has 3 fully saturated rings. The molecule has 0 N–H and O–H groups in total. The van der Waals surface area contributed by atoms with E-state index in [2.05, 4.69) is 11.5 Å². The lowest BCUT2D eigenvalue weighted by Crippen LogP contribution is -2.55. The van der Waals surface area contributed by atoms with Crippen LogP contribution in [0.1, 0.15) is 25.7 Å². The largest absolute Gasteiger partial charge is 0.453 e. The number of carbonyl (C=O) groups excluding carboxylic acids is 2. The summed E-state index contributed by atoms with van der Waals surface area (Å²) in [7, 11) is 3.21. The molecule has 3 atom stereocenters. The Hall–Kier alpha value is -1.36. The molecule has 1 aliphatic carbocycles. The van der Waals surface area contributed by atoms with Gasteiger partial charge in [-0.3, -0.25) is 9.69 Å². The highest BCUT2D eigenvalue weighted by Gasteiger charge is 2.54. The van der Waals surface area contributed by atoms with Crippen molar-refractivity contribution in [3.8, 4) is 0 Å². The highest BCUT2D eigenvalue weighted by molar-refractivity contribution is 5.85. The predicted molar refractivity (Wildman–Crippen MR) is 74.4 cm³/mol. The number of hydrogen-bond donors (Lipinski definition) is 0. The van der Waals surface area contributed by atoms with Gasteiger partial charge in [0.05, 0.1) is 7.11 Å². The Labute approximate surface area is 119 Å². The maximum Gasteiger partial charge on any atom is 0.409 e. The summed E-state index contributed by atoms with van der Waals surface area (Å²) in [5.41, 5.74) is 1.14. The van der Waals surface area contributed by atoms with Gasteiger partial charge < -0.3 is 9.64 Å². The van der Waals surface area contributed by atoms with Gasteiger partial charge in [-0.1, -0.05) is 12.2 Å². The van der Waals surface area contributed by atoms with Gasteiger partial charge in [0.15, 0.2) is 0 Å². The number of nitrogens with zero attached hydrogens (tertiary/aromatic N) is 2. The Morgan fingerprint density at radius 1 is 1.50 bits per heavy atom. The fourth-order valence-corrected chi connectivity index (χ4v) is 4.19. The first-order valence-corrected chi connectivity index (χ1v) is 7.23. The zero-order valence-corrected chi connectivity index (χ0v) is 12.2. The average Bonchev–Trinajstić information content (AvgIpc) is 2.79. The minimum Gasteiger partial charge on any atom is -0.453 e. The Balaban J connectivity index is 1.81. The van der Waals surface area contributed by atoms with E-state index in [1.807, 2.05) is 0 Å². The molecule has 3 aliphatic rings. The van der Waals surface area contributed by atoms with Crippen LogP contribution >= 0.6 is 0 Å². The third kappa shape index (κ3) is 1.87. The van der Waals surface area contributed by atoms with Gasteiger partial charge in [-0.2, -0.15) is 0 Å². The fraction of sp³-hybridized carbons (Fsp3) is 0.733. The molecule has 2 aliphatic heterocycles. The van der Waals surface area contributed by atoms with Crippen molar-refractivity contribution >= 4 is 11.9 Å². The van der Waals surface area contributed by atoms with Crippen LogP contribution in [-0.4, -0.2) is 60.5 Å². The number of likely N-dealkylation sites (N-methyl/N-ethyl adjacent to an activating group) is 1. The first-order valence-electron chi connectivity index (χ1n) is 7.23. The van der Waals surface area contributed by atoms with Crippen molar-refractivity contribution in [3.05, 3.63) is 12.2 Å². The highest BCUT2D eigenvalue weighted by atomic mass is 16.5. The number of carbonyl (C=O) groups is 2. The molecule has 110 valence electrons. The number of ketones is 1. The van der Waals surface area contributed by atoms with E-state index in [9.17, 15) is 9.59 Å². The van der Waals surface area contributed by atoms with Gasteiger partial charge in [-0.05, 0) is 19.3 Å². The van der Waals surface area contributed by atoms with E-state index in [0.717, 1.165) is 37.9 Å². The molecular formula is C15H22N2O3. The molecule has 2 bridgehead atoms. The number of piperidine rings is 1. The molecule has 1 amide bonds. The minimum absolute atomic E-state index is 0.0437. The van der Waals surface area contributed by atoms with E-state index in [0.29, 0.717) is 12.2 Å². The maximum atomic E-state index is 12.0. The molecule has 0 radical (unpaired) electrons. The van der Waals surface area contributed by atoms with Crippen molar-refractivity contribution in [2.24, 2.45) is 5.92 Å². The molecule has 1 spiro atoms. The zero-order valence-electron chi connectivity index (χ0n) is 12.2. The van der Waals surface area contributed by atoms with E-state index in [4.69, 9.17) is 4.74 Å². The van der Waals surface area contributed by atoms with Gasteiger partial charge in [0.2, 0.25) is 0 Å². The lowest BCUT2D eigenvalue weighted by Gasteiger charge is -2.49. The monoisotopic (exact) mass is 278 g/mol. The van der Waals surface area contributed by atoms with Crippen LogP contribution in [0.2, 0.25) is 0 Å². The number of fused-ring (bicyclic) bond motifs is 1. The standard InChI is InChI=1S/C15H22N2O3/c1-10-8-17-9-11(16(2)14(19)20-3)6-15(17)5-4-13(18)12(10)7-15/h11-12H,1,4-9H2,2-3H3/t11?,12-,15-/m1/s1. The van der Waals surface area contributed by atoms with Crippen LogP contribution in [-0.2, 0) is 9.53 Å². The Morgan fingerprint density at radius 3 is 2.95 bits per heavy atom.